The average Bonchev–Trinajstić information content (AvgIpc) is 2.36. The number of rotatable bonds is 8. The Morgan fingerprint density at radius 1 is 1.37 bits per heavy atom. The maximum Gasteiger partial charge on any atom is 0.242 e. The highest BCUT2D eigenvalue weighted by Gasteiger charge is 2.13. The van der Waals surface area contributed by atoms with Crippen molar-refractivity contribution in [3.05, 3.63) is 18.3 Å². The molecule has 0 saturated heterocycles. The zero-order valence-electron chi connectivity index (χ0n) is 11.5. The first-order chi connectivity index (χ1) is 8.95. The topological polar surface area (TPSA) is 80.3 Å². The van der Waals surface area contributed by atoms with Crippen LogP contribution in [0.15, 0.2) is 23.2 Å². The number of nitrogens with zero attached hydrogens (tertiary/aromatic N) is 1. The highest BCUT2D eigenvalue weighted by atomic mass is 32.2. The van der Waals surface area contributed by atoms with Crippen LogP contribution in [-0.2, 0) is 14.8 Å². The summed E-state index contributed by atoms with van der Waals surface area (Å²) in [5.41, 5.74) is 0. The molecule has 6 nitrogen and oxygen atoms in total. The van der Waals surface area contributed by atoms with Crippen LogP contribution in [0, 0.1) is 0 Å². The number of aromatic nitrogens is 1. The fourth-order valence-corrected chi connectivity index (χ4v) is 2.34. The summed E-state index contributed by atoms with van der Waals surface area (Å²) in [6.45, 7) is 7.08. The lowest BCUT2D eigenvalue weighted by atomic mass is 10.4. The molecule has 0 spiro atoms. The first-order valence-electron chi connectivity index (χ1n) is 6.27. The molecule has 0 atom stereocenters. The predicted octanol–water partition coefficient (Wildman–Crippen LogP) is 1.22. The van der Waals surface area contributed by atoms with E-state index in [0.29, 0.717) is 12.4 Å². The van der Waals surface area contributed by atoms with Crippen molar-refractivity contribution in [2.75, 3.05) is 25.0 Å². The van der Waals surface area contributed by atoms with E-state index in [0.717, 1.165) is 6.54 Å². The summed E-state index contributed by atoms with van der Waals surface area (Å²) in [4.78, 5) is 4.18. The Morgan fingerprint density at radius 3 is 2.63 bits per heavy atom. The molecule has 0 saturated carbocycles. The first-order valence-corrected chi connectivity index (χ1v) is 7.75. The Balaban J connectivity index is 2.56. The zero-order valence-corrected chi connectivity index (χ0v) is 12.3. The molecule has 0 aromatic carbocycles. The SMILES string of the molecule is CCNc1ccc(S(=O)(=O)NCCOC(C)C)cn1. The van der Waals surface area contributed by atoms with Crippen LogP contribution < -0.4 is 10.0 Å². The summed E-state index contributed by atoms with van der Waals surface area (Å²) >= 11 is 0. The molecular weight excluding hydrogens is 266 g/mol. The van der Waals surface area contributed by atoms with Gasteiger partial charge < -0.3 is 10.1 Å². The number of ether oxygens (including phenoxy) is 1. The van der Waals surface area contributed by atoms with Gasteiger partial charge in [-0.3, -0.25) is 0 Å². The Kier molecular flexibility index (Phi) is 6.20. The van der Waals surface area contributed by atoms with Gasteiger partial charge in [-0.2, -0.15) is 0 Å². The highest BCUT2D eigenvalue weighted by molar-refractivity contribution is 7.89. The normalized spacial score (nSPS) is 11.8. The summed E-state index contributed by atoms with van der Waals surface area (Å²) < 4.78 is 31.6. The largest absolute Gasteiger partial charge is 0.377 e. The van der Waals surface area contributed by atoms with E-state index in [1.807, 2.05) is 20.8 Å². The van der Waals surface area contributed by atoms with Gasteiger partial charge >= 0.3 is 0 Å². The third-order valence-corrected chi connectivity index (χ3v) is 3.70. The molecule has 0 amide bonds. The summed E-state index contributed by atoms with van der Waals surface area (Å²) in [5, 5.41) is 3.00. The minimum absolute atomic E-state index is 0.0885. The Labute approximate surface area is 114 Å². The smallest absolute Gasteiger partial charge is 0.242 e. The van der Waals surface area contributed by atoms with Crippen LogP contribution >= 0.6 is 0 Å². The third-order valence-electron chi connectivity index (χ3n) is 2.25. The molecule has 0 radical (unpaired) electrons. The minimum atomic E-state index is -3.51. The van der Waals surface area contributed by atoms with Gasteiger partial charge in [0.05, 0.1) is 12.7 Å². The van der Waals surface area contributed by atoms with E-state index in [2.05, 4.69) is 15.0 Å². The molecule has 0 unspecified atom stereocenters. The van der Waals surface area contributed by atoms with Gasteiger partial charge in [0.2, 0.25) is 10.0 Å². The summed E-state index contributed by atoms with van der Waals surface area (Å²) in [7, 11) is -3.51. The molecular formula is C12H21N3O3S. The molecule has 0 aliphatic rings. The third kappa shape index (κ3) is 5.54. The van der Waals surface area contributed by atoms with Crippen LogP contribution in [0.25, 0.3) is 0 Å². The van der Waals surface area contributed by atoms with E-state index in [1.165, 1.54) is 12.3 Å². The number of anilines is 1. The molecule has 1 aromatic heterocycles. The van der Waals surface area contributed by atoms with E-state index in [1.54, 1.807) is 6.07 Å². The molecule has 108 valence electrons. The van der Waals surface area contributed by atoms with E-state index in [4.69, 9.17) is 4.74 Å². The molecule has 0 bridgehead atoms. The number of nitrogens with one attached hydrogen (secondary N) is 2. The van der Waals surface area contributed by atoms with Crippen molar-refractivity contribution >= 4 is 15.8 Å². The Hall–Kier alpha value is -1.18. The van der Waals surface area contributed by atoms with Crippen molar-refractivity contribution in [2.24, 2.45) is 0 Å². The van der Waals surface area contributed by atoms with Crippen molar-refractivity contribution in [1.29, 1.82) is 0 Å². The van der Waals surface area contributed by atoms with Crippen molar-refractivity contribution < 1.29 is 13.2 Å². The zero-order chi connectivity index (χ0) is 14.3. The van der Waals surface area contributed by atoms with E-state index in [-0.39, 0.29) is 17.5 Å². The van der Waals surface area contributed by atoms with Gasteiger partial charge in [0.25, 0.3) is 0 Å². The van der Waals surface area contributed by atoms with Crippen LogP contribution in [0.3, 0.4) is 0 Å². The van der Waals surface area contributed by atoms with Gasteiger partial charge in [-0.05, 0) is 32.9 Å². The highest BCUT2D eigenvalue weighted by Crippen LogP contribution is 2.10. The monoisotopic (exact) mass is 287 g/mol. The molecule has 0 aliphatic carbocycles. The molecule has 1 aromatic rings. The van der Waals surface area contributed by atoms with Gasteiger partial charge in [0.15, 0.2) is 0 Å². The van der Waals surface area contributed by atoms with E-state index in [9.17, 15) is 8.42 Å². The standard InChI is InChI=1S/C12H21N3O3S/c1-4-13-12-6-5-11(9-14-12)19(16,17)15-7-8-18-10(2)3/h5-6,9-10,15H,4,7-8H2,1-3H3,(H,13,14). The van der Waals surface area contributed by atoms with Crippen LogP contribution in [0.4, 0.5) is 5.82 Å². The van der Waals surface area contributed by atoms with Crippen LogP contribution in [0.2, 0.25) is 0 Å². The van der Waals surface area contributed by atoms with Gasteiger partial charge in [-0.25, -0.2) is 18.1 Å². The van der Waals surface area contributed by atoms with E-state index < -0.39 is 10.0 Å². The summed E-state index contributed by atoms with van der Waals surface area (Å²) in [6.07, 6.45) is 1.43. The van der Waals surface area contributed by atoms with Crippen LogP contribution in [0.1, 0.15) is 20.8 Å². The predicted molar refractivity (Wildman–Crippen MR) is 74.7 cm³/mol. The number of hydrogen-bond donors (Lipinski definition) is 2. The number of pyridine rings is 1. The maximum atomic E-state index is 11.9. The molecule has 1 rings (SSSR count). The lowest BCUT2D eigenvalue weighted by Crippen LogP contribution is -2.28. The molecule has 0 aliphatic heterocycles. The quantitative estimate of drug-likeness (QED) is 0.703. The average molecular weight is 287 g/mol. The van der Waals surface area contributed by atoms with Crippen LogP contribution in [0.5, 0.6) is 0 Å². The van der Waals surface area contributed by atoms with E-state index >= 15 is 0 Å². The van der Waals surface area contributed by atoms with Gasteiger partial charge in [0, 0.05) is 19.3 Å². The second-order valence-corrected chi connectivity index (χ2v) is 5.99. The van der Waals surface area contributed by atoms with Crippen molar-refractivity contribution in [1.82, 2.24) is 9.71 Å². The summed E-state index contributed by atoms with van der Waals surface area (Å²) in [5.74, 6) is 0.657. The minimum Gasteiger partial charge on any atom is -0.377 e. The van der Waals surface area contributed by atoms with Gasteiger partial charge in [0.1, 0.15) is 10.7 Å². The van der Waals surface area contributed by atoms with Gasteiger partial charge in [-0.15, -0.1) is 0 Å². The lowest BCUT2D eigenvalue weighted by molar-refractivity contribution is 0.0834. The molecule has 19 heavy (non-hydrogen) atoms. The number of sulfonamides is 1. The van der Waals surface area contributed by atoms with Crippen molar-refractivity contribution in [3.8, 4) is 0 Å². The molecule has 2 N–H and O–H groups in total. The lowest BCUT2D eigenvalue weighted by Gasteiger charge is -2.09. The fourth-order valence-electron chi connectivity index (χ4n) is 1.38. The second-order valence-electron chi connectivity index (χ2n) is 4.23. The van der Waals surface area contributed by atoms with Crippen LogP contribution in [-0.4, -0.2) is 39.2 Å². The second kappa shape index (κ2) is 7.42. The fraction of sp³-hybridized carbons (Fsp3) is 0.583. The van der Waals surface area contributed by atoms with Crippen molar-refractivity contribution in [2.45, 2.75) is 31.8 Å². The molecule has 1 heterocycles. The first kappa shape index (κ1) is 15.9. The maximum absolute atomic E-state index is 11.9. The van der Waals surface area contributed by atoms with Gasteiger partial charge in [-0.1, -0.05) is 0 Å². The van der Waals surface area contributed by atoms with Crippen molar-refractivity contribution in [3.63, 3.8) is 0 Å². The Bertz CT molecular complexity index is 471. The molecule has 7 heteroatoms. The molecule has 0 fully saturated rings. The Morgan fingerprint density at radius 2 is 2.11 bits per heavy atom. The number of hydrogen-bond acceptors (Lipinski definition) is 5. The summed E-state index contributed by atoms with van der Waals surface area (Å²) in [6, 6.07) is 3.17.